The van der Waals surface area contributed by atoms with Crippen LogP contribution < -0.4 is 21.4 Å². The van der Waals surface area contributed by atoms with Crippen LogP contribution in [0.2, 0.25) is 0 Å². The van der Waals surface area contributed by atoms with Crippen molar-refractivity contribution in [2.75, 3.05) is 5.43 Å². The number of Topliss-reactive ketones (excluding diaryl/α,β-unsaturated/α-hetero) is 3. The number of hydrogen-bond acceptors (Lipinski definition) is 11. The van der Waals surface area contributed by atoms with Crippen molar-refractivity contribution in [1.82, 2.24) is 16.0 Å². The van der Waals surface area contributed by atoms with Gasteiger partial charge in [0.05, 0.1) is 53.3 Å². The number of nitro groups is 1. The molecule has 57 heavy (non-hydrogen) atoms. The van der Waals surface area contributed by atoms with Gasteiger partial charge in [-0.2, -0.15) is 0 Å². The number of azide groups is 1. The molecule has 0 spiro atoms. The number of benzene rings is 3. The van der Waals surface area contributed by atoms with Crippen molar-refractivity contribution in [1.29, 1.82) is 0 Å². The summed E-state index contributed by atoms with van der Waals surface area (Å²) in [7, 11) is 0. The van der Waals surface area contributed by atoms with E-state index in [9.17, 15) is 43.8 Å². The van der Waals surface area contributed by atoms with Crippen LogP contribution >= 0.6 is 0 Å². The topological polar surface area (TPSA) is 272 Å². The molecule has 3 aliphatic carbocycles. The van der Waals surface area contributed by atoms with Gasteiger partial charge in [0.25, 0.3) is 5.69 Å². The summed E-state index contributed by atoms with van der Waals surface area (Å²) < 4.78 is 0. The number of nitrogens with one attached hydrogen (secondary N) is 4. The van der Waals surface area contributed by atoms with Crippen molar-refractivity contribution in [3.05, 3.63) is 115 Å². The highest BCUT2D eigenvalue weighted by atomic mass is 16.6. The van der Waals surface area contributed by atoms with Crippen LogP contribution in [0.15, 0.2) is 83.2 Å². The van der Waals surface area contributed by atoms with E-state index in [1.807, 2.05) is 0 Å². The number of non-ortho nitro benzene ring substituents is 1. The predicted octanol–water partition coefficient (Wildman–Crippen LogP) is 5.34. The van der Waals surface area contributed by atoms with Gasteiger partial charge in [0.1, 0.15) is 0 Å². The van der Waals surface area contributed by atoms with Gasteiger partial charge in [-0.3, -0.25) is 38.9 Å². The summed E-state index contributed by atoms with van der Waals surface area (Å²) >= 11 is 0. The van der Waals surface area contributed by atoms with E-state index in [2.05, 4.69) is 36.7 Å². The highest BCUT2D eigenvalue weighted by Crippen LogP contribution is 2.19. The van der Waals surface area contributed by atoms with Crippen molar-refractivity contribution in [3.8, 4) is 0 Å². The van der Waals surface area contributed by atoms with Crippen molar-refractivity contribution < 1.29 is 33.7 Å². The molecule has 3 aliphatic rings. The van der Waals surface area contributed by atoms with Gasteiger partial charge < -0.3 is 16.0 Å². The average molecular weight is 782 g/mol. The Kier molecular flexibility index (Phi) is 16.5. The van der Waals surface area contributed by atoms with Crippen LogP contribution in [0, 0.1) is 15.0 Å². The third-order valence-electron chi connectivity index (χ3n) is 9.40. The highest BCUT2D eigenvalue weighted by molar-refractivity contribution is 5.92. The Hall–Kier alpha value is -6.81. The summed E-state index contributed by atoms with van der Waals surface area (Å²) in [5.74, 6) is -0.383. The fourth-order valence-electron chi connectivity index (χ4n) is 6.53. The van der Waals surface area contributed by atoms with E-state index in [4.69, 9.17) is 5.53 Å². The molecule has 0 heterocycles. The number of rotatable bonds is 13. The number of carbonyl (C=O) groups excluding carboxylic acids is 6. The summed E-state index contributed by atoms with van der Waals surface area (Å²) in [6, 6.07) is 18.6. The molecule has 6 rings (SSSR count). The second-order valence-corrected chi connectivity index (χ2v) is 13.6. The Labute approximate surface area is 327 Å². The summed E-state index contributed by atoms with van der Waals surface area (Å²) in [5.41, 5.74) is 13.6. The van der Waals surface area contributed by atoms with E-state index in [1.165, 1.54) is 12.1 Å². The Balaban J connectivity index is 0.000000189. The van der Waals surface area contributed by atoms with E-state index in [-0.39, 0.29) is 78.1 Å². The molecule has 3 aromatic rings. The van der Waals surface area contributed by atoms with Crippen LogP contribution in [0.1, 0.15) is 74.5 Å². The van der Waals surface area contributed by atoms with E-state index in [1.54, 1.807) is 60.7 Å². The molecule has 4 N–H and O–H groups in total. The second-order valence-electron chi connectivity index (χ2n) is 13.6. The van der Waals surface area contributed by atoms with Crippen LogP contribution in [0.4, 0.5) is 17.1 Å². The summed E-state index contributed by atoms with van der Waals surface area (Å²) in [5, 5.41) is 24.8. The van der Waals surface area contributed by atoms with Crippen LogP contribution in [0.25, 0.3) is 10.4 Å². The molecule has 298 valence electrons. The largest absolute Gasteiger partial charge is 0.346 e. The monoisotopic (exact) mass is 781 g/mol. The maximum atomic E-state index is 11.9. The smallest absolute Gasteiger partial charge is 0.269 e. The quantitative estimate of drug-likeness (QED) is 0.0431. The van der Waals surface area contributed by atoms with Gasteiger partial charge in [-0.05, 0) is 66.8 Å². The lowest BCUT2D eigenvalue weighted by molar-refractivity contribution is -0.384. The third kappa shape index (κ3) is 14.1. The number of nitro benzene ring substituents is 1. The molecule has 0 bridgehead atoms. The molecule has 0 aliphatic heterocycles. The Morgan fingerprint density at radius 3 is 1.68 bits per heavy atom. The summed E-state index contributed by atoms with van der Waals surface area (Å²) in [6.07, 6.45) is 6.61. The van der Waals surface area contributed by atoms with Crippen LogP contribution in [0.3, 0.4) is 0 Å². The zero-order valence-corrected chi connectivity index (χ0v) is 31.1. The first-order valence-corrected chi connectivity index (χ1v) is 18.5. The first-order chi connectivity index (χ1) is 27.4. The lowest BCUT2D eigenvalue weighted by atomic mass is 10.1. The van der Waals surface area contributed by atoms with E-state index >= 15 is 0 Å². The van der Waals surface area contributed by atoms with Gasteiger partial charge in [0.2, 0.25) is 17.7 Å². The SMILES string of the molecule is O=C(Cc1cccc([N+](=O)[O-])c1)NC1CCCC1=O.O=NNc1ccccc1CC(=O)NC1CCCC1=O.[N-]=[N+]=Nc1ccc(CC(=O)NC2CCCC2=O)cc1. The minimum absolute atomic E-state index is 0.0396. The molecule has 0 aromatic heterocycles. The molecule has 3 fully saturated rings. The third-order valence-corrected chi connectivity index (χ3v) is 9.40. The zero-order chi connectivity index (χ0) is 41.2. The van der Waals surface area contributed by atoms with Crippen LogP contribution in [-0.2, 0) is 48.0 Å². The van der Waals surface area contributed by atoms with Crippen molar-refractivity contribution in [2.45, 2.75) is 95.2 Å². The minimum atomic E-state index is -0.498. The van der Waals surface area contributed by atoms with Gasteiger partial charge in [0, 0.05) is 42.0 Å². The van der Waals surface area contributed by atoms with Gasteiger partial charge in [-0.1, -0.05) is 59.7 Å². The van der Waals surface area contributed by atoms with E-state index in [0.29, 0.717) is 54.6 Å². The summed E-state index contributed by atoms with van der Waals surface area (Å²) in [4.78, 5) is 92.7. The van der Waals surface area contributed by atoms with Gasteiger partial charge in [-0.25, -0.2) is 5.43 Å². The number of nitroso groups, excluding NO2 is 1. The molecule has 0 saturated heterocycles. The molecule has 18 heteroatoms. The Morgan fingerprint density at radius 2 is 1.21 bits per heavy atom. The molecule has 3 atom stereocenters. The van der Waals surface area contributed by atoms with Gasteiger partial charge >= 0.3 is 0 Å². The number of hydrogen-bond donors (Lipinski definition) is 4. The number of carbonyl (C=O) groups is 6. The number of amides is 3. The number of para-hydroxylation sites is 1. The molecule has 3 unspecified atom stereocenters. The van der Waals surface area contributed by atoms with Crippen molar-refractivity contribution >= 4 is 52.1 Å². The van der Waals surface area contributed by atoms with Gasteiger partial charge in [-0.15, -0.1) is 4.91 Å². The molecule has 3 amide bonds. The molecule has 3 aromatic carbocycles. The molecular weight excluding hydrogens is 738 g/mol. The number of ketones is 3. The highest BCUT2D eigenvalue weighted by Gasteiger charge is 2.27. The second kappa shape index (κ2) is 21.9. The van der Waals surface area contributed by atoms with Gasteiger partial charge in [0.15, 0.2) is 17.3 Å². The molecule has 3 saturated carbocycles. The summed E-state index contributed by atoms with van der Waals surface area (Å²) in [6.45, 7) is 0. The minimum Gasteiger partial charge on any atom is -0.346 e. The first kappa shape index (κ1) is 42.9. The maximum absolute atomic E-state index is 11.9. The lowest BCUT2D eigenvalue weighted by Gasteiger charge is -2.12. The number of anilines is 1. The average Bonchev–Trinajstić information content (AvgIpc) is 3.91. The Bertz CT molecular complexity index is 2020. The predicted molar refractivity (Wildman–Crippen MR) is 208 cm³/mol. The Morgan fingerprint density at radius 1 is 0.702 bits per heavy atom. The zero-order valence-electron chi connectivity index (χ0n) is 31.1. The van der Waals surface area contributed by atoms with Crippen molar-refractivity contribution in [3.63, 3.8) is 0 Å². The van der Waals surface area contributed by atoms with Crippen LogP contribution in [-0.4, -0.2) is 58.1 Å². The van der Waals surface area contributed by atoms with E-state index < -0.39 is 4.92 Å². The normalized spacial score (nSPS) is 18.1. The standard InChI is InChI=1S/C13H14N4O2.C13H15N3O3.C13H14N2O4/c14-17-16-10-6-4-9(5-7-10)8-13(19)15-11-2-1-3-12(11)18;17-12-7-3-6-11(12)14-13(18)8-9-4-1-2-5-10(9)15-16-19;16-12-6-2-5-11(12)14-13(17)8-9-3-1-4-10(7-9)15(18)19/h4-7,11H,1-3,8H2,(H,15,19);1-2,4-5,11H,3,6-8H2,(H,14,18)(H,15,19);1,3-4,7,11H,2,5-6,8H2,(H,14,17). The fraction of sp³-hybridized carbons (Fsp3) is 0.385. The number of nitrogens with zero attached hydrogens (tertiary/aromatic N) is 5. The first-order valence-electron chi connectivity index (χ1n) is 18.5. The lowest BCUT2D eigenvalue weighted by Crippen LogP contribution is -2.38. The van der Waals surface area contributed by atoms with Crippen LogP contribution in [0.5, 0.6) is 0 Å². The van der Waals surface area contributed by atoms with E-state index in [0.717, 1.165) is 31.2 Å². The molecule has 18 nitrogen and oxygen atoms in total. The van der Waals surface area contributed by atoms with Crippen molar-refractivity contribution in [2.24, 2.45) is 10.4 Å². The molecular formula is C39H43N9O9. The molecule has 0 radical (unpaired) electrons. The maximum Gasteiger partial charge on any atom is 0.269 e. The fourth-order valence-corrected chi connectivity index (χ4v) is 6.53.